The van der Waals surface area contributed by atoms with Crippen LogP contribution in [0.1, 0.15) is 10.4 Å². The smallest absolute Gasteiger partial charge is 0.335 e. The number of aromatic nitrogens is 2. The summed E-state index contributed by atoms with van der Waals surface area (Å²) in [6.45, 7) is -0.250. The number of hydrogen-bond donors (Lipinski definition) is 2. The molecule has 2 aromatic heterocycles. The van der Waals surface area contributed by atoms with Gasteiger partial charge in [-0.15, -0.1) is 0 Å². The van der Waals surface area contributed by atoms with Crippen LogP contribution in [0.3, 0.4) is 0 Å². The van der Waals surface area contributed by atoms with E-state index in [9.17, 15) is 4.79 Å². The molecule has 4 rings (SSSR count). The van der Waals surface area contributed by atoms with Crippen LogP contribution in [0.2, 0.25) is 0 Å². The molecule has 0 saturated heterocycles. The minimum atomic E-state index is -0.913. The number of carbonyl (C=O) groups is 2. The molecule has 6 nitrogen and oxygen atoms in total. The number of imidazole rings is 1. The third-order valence-corrected chi connectivity index (χ3v) is 5.03. The SMILES string of the molecule is O=C(O)c1ccc2c(c1)sc1nc(-c3ccc(Br)cc3)cn12.O=CO. The lowest BCUT2D eigenvalue weighted by molar-refractivity contribution is -0.122. The number of carboxylic acids is 1. The Kier molecular flexibility index (Phi) is 4.82. The van der Waals surface area contributed by atoms with Gasteiger partial charge in [-0.2, -0.15) is 0 Å². The maximum absolute atomic E-state index is 11.0. The normalized spacial score (nSPS) is 10.4. The number of rotatable bonds is 2. The Morgan fingerprint density at radius 1 is 1.20 bits per heavy atom. The highest BCUT2D eigenvalue weighted by Gasteiger charge is 2.12. The lowest BCUT2D eigenvalue weighted by Gasteiger charge is -1.97. The van der Waals surface area contributed by atoms with Crippen molar-refractivity contribution in [3.63, 3.8) is 0 Å². The highest BCUT2D eigenvalue weighted by molar-refractivity contribution is 9.10. The molecule has 0 saturated carbocycles. The quantitative estimate of drug-likeness (QED) is 0.471. The van der Waals surface area contributed by atoms with Gasteiger partial charge in [0.25, 0.3) is 6.47 Å². The molecule has 0 atom stereocenters. The summed E-state index contributed by atoms with van der Waals surface area (Å²) in [4.78, 5) is 24.9. The van der Waals surface area contributed by atoms with E-state index in [2.05, 4.69) is 20.9 Å². The van der Waals surface area contributed by atoms with E-state index in [-0.39, 0.29) is 6.47 Å². The molecule has 0 aliphatic heterocycles. The predicted octanol–water partition coefficient (Wildman–Crippen LogP) is 4.38. The van der Waals surface area contributed by atoms with E-state index in [4.69, 9.17) is 15.0 Å². The molecule has 2 heterocycles. The van der Waals surface area contributed by atoms with E-state index < -0.39 is 5.97 Å². The Labute approximate surface area is 154 Å². The summed E-state index contributed by atoms with van der Waals surface area (Å²) in [5.41, 5.74) is 3.23. The fourth-order valence-corrected chi connectivity index (χ4v) is 3.71. The van der Waals surface area contributed by atoms with Gasteiger partial charge in [0.15, 0.2) is 4.96 Å². The molecule has 0 radical (unpaired) electrons. The standard InChI is InChI=1S/C16H9BrN2O2S.CH2O2/c17-11-4-1-9(2-5-11)12-8-19-13-6-3-10(15(20)21)7-14(13)22-16(19)18-12;2-1-3/h1-8H,(H,20,21);1H,(H,2,3). The van der Waals surface area contributed by atoms with Gasteiger partial charge in [0.05, 0.1) is 21.5 Å². The number of thiazole rings is 1. The van der Waals surface area contributed by atoms with Gasteiger partial charge in [0.2, 0.25) is 0 Å². The highest BCUT2D eigenvalue weighted by atomic mass is 79.9. The zero-order valence-corrected chi connectivity index (χ0v) is 15.0. The molecule has 2 N–H and O–H groups in total. The fourth-order valence-electron chi connectivity index (χ4n) is 2.39. The first kappa shape index (κ1) is 17.1. The van der Waals surface area contributed by atoms with Gasteiger partial charge in [0.1, 0.15) is 0 Å². The molecule has 0 fully saturated rings. The molecular weight excluding hydrogens is 408 g/mol. The number of aromatic carboxylic acids is 1. The van der Waals surface area contributed by atoms with Crippen LogP contribution in [0.5, 0.6) is 0 Å². The summed E-state index contributed by atoms with van der Waals surface area (Å²) < 4.78 is 3.96. The Hall–Kier alpha value is -2.71. The van der Waals surface area contributed by atoms with Crippen LogP contribution in [0.15, 0.2) is 53.1 Å². The maximum atomic E-state index is 11.0. The highest BCUT2D eigenvalue weighted by Crippen LogP contribution is 2.30. The minimum absolute atomic E-state index is 0.250. The molecule has 0 aliphatic rings. The van der Waals surface area contributed by atoms with Crippen LogP contribution in [0.4, 0.5) is 0 Å². The first-order valence-corrected chi connectivity index (χ1v) is 8.63. The van der Waals surface area contributed by atoms with Gasteiger partial charge in [-0.1, -0.05) is 39.4 Å². The van der Waals surface area contributed by atoms with Crippen molar-refractivity contribution in [1.29, 1.82) is 0 Å². The molecule has 8 heteroatoms. The maximum Gasteiger partial charge on any atom is 0.335 e. The number of carboxylic acid groups (broad SMARTS) is 2. The Morgan fingerprint density at radius 2 is 1.88 bits per heavy atom. The first-order chi connectivity index (χ1) is 12.0. The van der Waals surface area contributed by atoms with Crippen molar-refractivity contribution in [3.05, 3.63) is 58.7 Å². The van der Waals surface area contributed by atoms with E-state index >= 15 is 0 Å². The molecule has 0 unspecified atom stereocenters. The minimum Gasteiger partial charge on any atom is -0.483 e. The second-order valence-electron chi connectivity index (χ2n) is 4.98. The summed E-state index contributed by atoms with van der Waals surface area (Å²) in [7, 11) is 0. The monoisotopic (exact) mass is 418 g/mol. The average molecular weight is 419 g/mol. The third-order valence-electron chi connectivity index (χ3n) is 3.48. The van der Waals surface area contributed by atoms with E-state index in [1.165, 1.54) is 11.3 Å². The van der Waals surface area contributed by atoms with Gasteiger partial charge in [-0.3, -0.25) is 9.20 Å². The largest absolute Gasteiger partial charge is 0.483 e. The van der Waals surface area contributed by atoms with Crippen molar-refractivity contribution in [2.75, 3.05) is 0 Å². The fraction of sp³-hybridized carbons (Fsp3) is 0. The average Bonchev–Trinajstić information content (AvgIpc) is 3.13. The molecule has 0 bridgehead atoms. The van der Waals surface area contributed by atoms with Crippen LogP contribution in [-0.4, -0.2) is 32.0 Å². The summed E-state index contributed by atoms with van der Waals surface area (Å²) in [6.07, 6.45) is 1.98. The zero-order chi connectivity index (χ0) is 18.0. The summed E-state index contributed by atoms with van der Waals surface area (Å²) in [6, 6.07) is 13.1. The molecule has 4 aromatic rings. The third kappa shape index (κ3) is 3.40. The molecule has 0 amide bonds. The number of halogens is 1. The molecule has 2 aromatic carbocycles. The lowest BCUT2D eigenvalue weighted by Crippen LogP contribution is -1.94. The van der Waals surface area contributed by atoms with E-state index in [1.807, 2.05) is 40.9 Å². The van der Waals surface area contributed by atoms with Crippen LogP contribution < -0.4 is 0 Å². The van der Waals surface area contributed by atoms with Crippen molar-refractivity contribution >= 4 is 54.9 Å². The van der Waals surface area contributed by atoms with Crippen molar-refractivity contribution in [1.82, 2.24) is 9.38 Å². The first-order valence-electron chi connectivity index (χ1n) is 7.02. The molecule has 0 spiro atoms. The molecular formula is C17H11BrN2O4S. The van der Waals surface area contributed by atoms with Gasteiger partial charge in [0, 0.05) is 16.2 Å². The Morgan fingerprint density at radius 3 is 2.52 bits per heavy atom. The zero-order valence-electron chi connectivity index (χ0n) is 12.6. The van der Waals surface area contributed by atoms with Crippen molar-refractivity contribution in [2.45, 2.75) is 0 Å². The van der Waals surface area contributed by atoms with Crippen molar-refractivity contribution < 1.29 is 19.8 Å². The number of benzene rings is 2. The molecule has 126 valence electrons. The number of fused-ring (bicyclic) bond motifs is 3. The topological polar surface area (TPSA) is 91.9 Å². The van der Waals surface area contributed by atoms with Gasteiger partial charge in [-0.05, 0) is 30.3 Å². The predicted molar refractivity (Wildman–Crippen MR) is 99.4 cm³/mol. The van der Waals surface area contributed by atoms with Gasteiger partial charge < -0.3 is 10.2 Å². The van der Waals surface area contributed by atoms with E-state index in [0.717, 1.165) is 30.9 Å². The summed E-state index contributed by atoms with van der Waals surface area (Å²) in [5.74, 6) is -0.913. The molecule has 0 aliphatic carbocycles. The second-order valence-corrected chi connectivity index (χ2v) is 6.91. The van der Waals surface area contributed by atoms with Crippen LogP contribution in [0.25, 0.3) is 26.4 Å². The lowest BCUT2D eigenvalue weighted by atomic mass is 10.2. The number of nitrogens with zero attached hydrogens (tertiary/aromatic N) is 2. The van der Waals surface area contributed by atoms with Crippen molar-refractivity contribution in [3.8, 4) is 11.3 Å². The van der Waals surface area contributed by atoms with E-state index in [1.54, 1.807) is 12.1 Å². The Bertz CT molecular complexity index is 1070. The number of hydrogen-bond acceptors (Lipinski definition) is 4. The Balaban J connectivity index is 0.000000569. The summed E-state index contributed by atoms with van der Waals surface area (Å²) in [5, 5.41) is 16.0. The van der Waals surface area contributed by atoms with Gasteiger partial charge in [-0.25, -0.2) is 9.78 Å². The van der Waals surface area contributed by atoms with Gasteiger partial charge >= 0.3 is 5.97 Å². The molecule has 25 heavy (non-hydrogen) atoms. The van der Waals surface area contributed by atoms with Crippen molar-refractivity contribution in [2.24, 2.45) is 0 Å². The second kappa shape index (κ2) is 7.04. The van der Waals surface area contributed by atoms with Crippen LogP contribution in [-0.2, 0) is 4.79 Å². The van der Waals surface area contributed by atoms with Crippen LogP contribution in [0, 0.1) is 0 Å². The van der Waals surface area contributed by atoms with E-state index in [0.29, 0.717) is 5.56 Å². The summed E-state index contributed by atoms with van der Waals surface area (Å²) >= 11 is 4.92. The van der Waals surface area contributed by atoms with Crippen LogP contribution >= 0.6 is 27.3 Å².